The van der Waals surface area contributed by atoms with Gasteiger partial charge in [-0.05, 0) is 47.9 Å². The molecule has 2 aromatic carbocycles. The lowest BCUT2D eigenvalue weighted by Gasteiger charge is -2.10. The fourth-order valence-corrected chi connectivity index (χ4v) is 4.26. The summed E-state index contributed by atoms with van der Waals surface area (Å²) in [6, 6.07) is 12.8. The number of thiazole rings is 1. The summed E-state index contributed by atoms with van der Waals surface area (Å²) < 4.78 is 18.0. The molecule has 9 heteroatoms. The summed E-state index contributed by atoms with van der Waals surface area (Å²) in [5.74, 6) is 1.97. The van der Waals surface area contributed by atoms with Crippen LogP contribution < -0.4 is 29.9 Å². The van der Waals surface area contributed by atoms with Crippen LogP contribution in [0, 0.1) is 0 Å². The molecule has 0 saturated carbocycles. The van der Waals surface area contributed by atoms with Crippen LogP contribution >= 0.6 is 11.3 Å². The number of ether oxygens (including phenoxy) is 3. The minimum absolute atomic E-state index is 0.208. The van der Waals surface area contributed by atoms with Crippen molar-refractivity contribution in [2.45, 2.75) is 26.2 Å². The third-order valence-corrected chi connectivity index (χ3v) is 6.18. The molecule has 34 heavy (non-hydrogen) atoms. The summed E-state index contributed by atoms with van der Waals surface area (Å²) in [6.07, 6.45) is 4.00. The highest BCUT2D eigenvalue weighted by Gasteiger charge is 2.12. The maximum absolute atomic E-state index is 13.0. The van der Waals surface area contributed by atoms with Crippen LogP contribution in [0.4, 0.5) is 0 Å². The average Bonchev–Trinajstić information content (AvgIpc) is 3.14. The van der Waals surface area contributed by atoms with Gasteiger partial charge < -0.3 is 14.2 Å². The van der Waals surface area contributed by atoms with Gasteiger partial charge in [-0.1, -0.05) is 42.9 Å². The first-order valence-corrected chi connectivity index (χ1v) is 11.7. The van der Waals surface area contributed by atoms with Crippen LogP contribution in [0.3, 0.4) is 0 Å². The number of nitrogens with zero attached hydrogens (tertiary/aromatic N) is 3. The van der Waals surface area contributed by atoms with E-state index in [0.29, 0.717) is 22.6 Å². The lowest BCUT2D eigenvalue weighted by Crippen LogP contribution is -2.28. The molecule has 0 aliphatic heterocycles. The van der Waals surface area contributed by atoms with Gasteiger partial charge in [0.05, 0.1) is 25.4 Å². The van der Waals surface area contributed by atoms with Crippen LogP contribution in [0.2, 0.25) is 0 Å². The van der Waals surface area contributed by atoms with Gasteiger partial charge in [0, 0.05) is 6.42 Å². The van der Waals surface area contributed by atoms with Gasteiger partial charge in [-0.3, -0.25) is 9.59 Å². The number of rotatable bonds is 9. The molecule has 0 aliphatic rings. The predicted molar refractivity (Wildman–Crippen MR) is 131 cm³/mol. The average molecular weight is 480 g/mol. The first-order valence-electron chi connectivity index (χ1n) is 10.9. The summed E-state index contributed by atoms with van der Waals surface area (Å²) in [4.78, 5) is 29.9. The van der Waals surface area contributed by atoms with E-state index in [9.17, 15) is 9.59 Å². The molecule has 0 unspecified atom stereocenters. The van der Waals surface area contributed by atoms with Crippen molar-refractivity contribution in [3.63, 3.8) is 0 Å². The Hall–Kier alpha value is -3.72. The third kappa shape index (κ3) is 5.09. The first-order chi connectivity index (χ1) is 16.5. The monoisotopic (exact) mass is 479 g/mol. The molecule has 0 amide bonds. The number of unbranched alkanes of at least 4 members (excludes halogenated alkanes) is 1. The van der Waals surface area contributed by atoms with Crippen LogP contribution in [-0.2, 0) is 6.42 Å². The fraction of sp³-hybridized carbons (Fsp3) is 0.280. The fourth-order valence-electron chi connectivity index (χ4n) is 3.36. The van der Waals surface area contributed by atoms with E-state index >= 15 is 0 Å². The van der Waals surface area contributed by atoms with E-state index in [1.807, 2.05) is 42.5 Å². The normalized spacial score (nSPS) is 11.7. The number of benzene rings is 2. The maximum atomic E-state index is 13.0. The number of fused-ring (bicyclic) bond motifs is 1. The van der Waals surface area contributed by atoms with E-state index in [1.54, 1.807) is 20.3 Å². The van der Waals surface area contributed by atoms with E-state index in [4.69, 9.17) is 14.2 Å². The summed E-state index contributed by atoms with van der Waals surface area (Å²) in [7, 11) is 3.17. The Morgan fingerprint density at radius 3 is 2.53 bits per heavy atom. The molecule has 0 atom stereocenters. The first kappa shape index (κ1) is 23.4. The van der Waals surface area contributed by atoms with Gasteiger partial charge in [0.15, 0.2) is 11.5 Å². The van der Waals surface area contributed by atoms with Crippen molar-refractivity contribution in [2.24, 2.45) is 0 Å². The lowest BCUT2D eigenvalue weighted by atomic mass is 10.1. The van der Waals surface area contributed by atoms with Crippen molar-refractivity contribution < 1.29 is 14.2 Å². The van der Waals surface area contributed by atoms with Gasteiger partial charge >= 0.3 is 0 Å². The smallest absolute Gasteiger partial charge is 0.296 e. The van der Waals surface area contributed by atoms with Crippen LogP contribution in [0.5, 0.6) is 17.2 Å². The Morgan fingerprint density at radius 2 is 1.82 bits per heavy atom. The highest BCUT2D eigenvalue weighted by molar-refractivity contribution is 7.15. The Bertz CT molecular complexity index is 1460. The van der Waals surface area contributed by atoms with E-state index in [1.165, 1.54) is 4.52 Å². The van der Waals surface area contributed by atoms with Gasteiger partial charge in [-0.2, -0.15) is 14.6 Å². The Balaban J connectivity index is 1.66. The molecule has 0 aliphatic carbocycles. The molecule has 0 bridgehead atoms. The summed E-state index contributed by atoms with van der Waals surface area (Å²) in [5.41, 5.74) is 1.07. The minimum atomic E-state index is -0.445. The number of hydrogen-bond donors (Lipinski definition) is 0. The highest BCUT2D eigenvalue weighted by Crippen LogP contribution is 2.28. The largest absolute Gasteiger partial charge is 0.497 e. The van der Waals surface area contributed by atoms with Gasteiger partial charge in [-0.15, -0.1) is 0 Å². The quantitative estimate of drug-likeness (QED) is 0.341. The minimum Gasteiger partial charge on any atom is -0.497 e. The number of aromatic nitrogens is 3. The Labute approximate surface area is 200 Å². The van der Waals surface area contributed by atoms with Gasteiger partial charge in [-0.25, -0.2) is 0 Å². The molecule has 4 aromatic rings. The second-order valence-electron chi connectivity index (χ2n) is 7.61. The molecular weight excluding hydrogens is 454 g/mol. The van der Waals surface area contributed by atoms with Crippen LogP contribution in [0.1, 0.15) is 36.6 Å². The summed E-state index contributed by atoms with van der Waals surface area (Å²) >= 11 is 1.12. The number of hydrogen-bond acceptors (Lipinski definition) is 8. The SMILES string of the molecule is CCCCOc1ccc(C=c2sc3nc(=O)c(Cc4ccc(OC)cc4)nn3c2=O)cc1OC. The second-order valence-corrected chi connectivity index (χ2v) is 8.62. The standard InChI is InChI=1S/C25H25N3O5S/c1-4-5-12-33-20-11-8-17(14-21(20)32-3)15-22-24(30)28-25(34-22)26-23(29)19(27-28)13-16-6-9-18(31-2)10-7-16/h6-11,14-15H,4-5,12-13H2,1-3H3. The Morgan fingerprint density at radius 1 is 1.03 bits per heavy atom. The summed E-state index contributed by atoms with van der Waals surface area (Å²) in [5, 5.41) is 4.31. The summed E-state index contributed by atoms with van der Waals surface area (Å²) in [6.45, 7) is 2.71. The zero-order valence-corrected chi connectivity index (χ0v) is 20.1. The second kappa shape index (κ2) is 10.5. The molecule has 0 radical (unpaired) electrons. The number of methoxy groups -OCH3 is 2. The molecule has 2 heterocycles. The molecule has 176 valence electrons. The third-order valence-electron chi connectivity index (χ3n) is 5.22. The highest BCUT2D eigenvalue weighted by atomic mass is 32.1. The molecule has 8 nitrogen and oxygen atoms in total. The van der Waals surface area contributed by atoms with Crippen LogP contribution in [0.15, 0.2) is 52.1 Å². The van der Waals surface area contributed by atoms with Crippen LogP contribution in [0.25, 0.3) is 11.0 Å². The maximum Gasteiger partial charge on any atom is 0.296 e. The van der Waals surface area contributed by atoms with Crippen molar-refractivity contribution in [1.82, 2.24) is 14.6 Å². The van der Waals surface area contributed by atoms with E-state index < -0.39 is 5.56 Å². The van der Waals surface area contributed by atoms with Crippen molar-refractivity contribution >= 4 is 22.4 Å². The molecular formula is C25H25N3O5S. The lowest BCUT2D eigenvalue weighted by molar-refractivity contribution is 0.288. The molecule has 0 spiro atoms. The van der Waals surface area contributed by atoms with E-state index in [0.717, 1.165) is 41.1 Å². The van der Waals surface area contributed by atoms with Gasteiger partial charge in [0.25, 0.3) is 11.1 Å². The molecule has 0 saturated heterocycles. The van der Waals surface area contributed by atoms with E-state index in [-0.39, 0.29) is 22.6 Å². The van der Waals surface area contributed by atoms with Crippen LogP contribution in [-0.4, -0.2) is 35.4 Å². The van der Waals surface area contributed by atoms with Gasteiger partial charge in [0.2, 0.25) is 4.96 Å². The van der Waals surface area contributed by atoms with Crippen molar-refractivity contribution in [3.8, 4) is 17.2 Å². The molecule has 0 N–H and O–H groups in total. The van der Waals surface area contributed by atoms with Crippen molar-refractivity contribution in [2.75, 3.05) is 20.8 Å². The van der Waals surface area contributed by atoms with Crippen molar-refractivity contribution in [1.29, 1.82) is 0 Å². The van der Waals surface area contributed by atoms with Crippen molar-refractivity contribution in [3.05, 3.63) is 84.5 Å². The zero-order valence-electron chi connectivity index (χ0n) is 19.2. The zero-order chi connectivity index (χ0) is 24.1. The Kier molecular flexibility index (Phi) is 7.22. The van der Waals surface area contributed by atoms with Gasteiger partial charge in [0.1, 0.15) is 11.4 Å². The van der Waals surface area contributed by atoms with E-state index in [2.05, 4.69) is 17.0 Å². The molecule has 0 fully saturated rings. The topological polar surface area (TPSA) is 92.0 Å². The molecule has 2 aromatic heterocycles. The molecule has 4 rings (SSSR count). The predicted octanol–water partition coefficient (Wildman–Crippen LogP) is 2.85.